The minimum absolute atomic E-state index is 0.0598. The van der Waals surface area contributed by atoms with Gasteiger partial charge in [-0.1, -0.05) is 36.4 Å². The minimum Gasteiger partial charge on any atom is -0.348 e. The molecule has 0 saturated carbocycles. The highest BCUT2D eigenvalue weighted by Gasteiger charge is 2.25. The Labute approximate surface area is 152 Å². The van der Waals surface area contributed by atoms with Crippen LogP contribution in [0.4, 0.5) is 0 Å². The lowest BCUT2D eigenvalue weighted by molar-refractivity contribution is 0.0937. The average Bonchev–Trinajstić information content (AvgIpc) is 2.90. The summed E-state index contributed by atoms with van der Waals surface area (Å²) in [5.74, 6) is -0.0598. The summed E-state index contributed by atoms with van der Waals surface area (Å²) in [4.78, 5) is 13.0. The number of nitrogens with two attached hydrogens (primary N) is 1. The van der Waals surface area contributed by atoms with E-state index in [0.29, 0.717) is 6.54 Å². The summed E-state index contributed by atoms with van der Waals surface area (Å²) >= 11 is 0. The standard InChI is InChI=1S/C21H22N4O/c22-12-16(10-14-6-2-1-3-7-14)24-21(26)18-11-15-13-23-25-19-9-5-4-8-17(18)20(15)19/h1-3,5-7,9,11,13,16,25H,4,8,10,12,22H2,(H,24,26)/t16-/m0/s1. The maximum absolute atomic E-state index is 13.0. The Bertz CT molecular complexity index is 913. The van der Waals surface area contributed by atoms with Crippen LogP contribution in [0.25, 0.3) is 17.2 Å². The first kappa shape index (κ1) is 16.5. The lowest BCUT2D eigenvalue weighted by Crippen LogP contribution is -2.41. The van der Waals surface area contributed by atoms with Gasteiger partial charge in [-0.25, -0.2) is 0 Å². The molecule has 0 fully saturated rings. The predicted octanol–water partition coefficient (Wildman–Crippen LogP) is 2.77. The molecule has 4 rings (SSSR count). The molecule has 26 heavy (non-hydrogen) atoms. The molecule has 1 aromatic rings. The Balaban J connectivity index is 1.60. The van der Waals surface area contributed by atoms with Gasteiger partial charge in [0.2, 0.25) is 0 Å². The van der Waals surface area contributed by atoms with E-state index in [1.165, 1.54) is 5.56 Å². The number of nitrogens with zero attached hydrogens (tertiary/aromatic N) is 1. The van der Waals surface area contributed by atoms with Crippen molar-refractivity contribution < 1.29 is 4.79 Å². The monoisotopic (exact) mass is 346 g/mol. The van der Waals surface area contributed by atoms with Crippen LogP contribution in [0.3, 0.4) is 0 Å². The van der Waals surface area contributed by atoms with Crippen molar-refractivity contribution in [3.63, 3.8) is 0 Å². The molecule has 0 bridgehead atoms. The summed E-state index contributed by atoms with van der Waals surface area (Å²) < 4.78 is 0. The van der Waals surface area contributed by atoms with E-state index in [9.17, 15) is 4.79 Å². The van der Waals surface area contributed by atoms with E-state index in [1.54, 1.807) is 6.20 Å². The molecular weight excluding hydrogens is 324 g/mol. The molecule has 0 spiro atoms. The van der Waals surface area contributed by atoms with Crippen molar-refractivity contribution in [1.82, 2.24) is 15.5 Å². The Morgan fingerprint density at radius 2 is 2.15 bits per heavy atom. The molecule has 5 heteroatoms. The highest BCUT2D eigenvalue weighted by atomic mass is 16.1. The van der Waals surface area contributed by atoms with Gasteiger partial charge in [0.15, 0.2) is 0 Å². The third-order valence-corrected chi connectivity index (χ3v) is 4.91. The van der Waals surface area contributed by atoms with Gasteiger partial charge in [-0.15, -0.1) is 0 Å². The van der Waals surface area contributed by atoms with E-state index >= 15 is 0 Å². The van der Waals surface area contributed by atoms with E-state index in [0.717, 1.165) is 47.2 Å². The first-order valence-corrected chi connectivity index (χ1v) is 8.96. The fourth-order valence-electron chi connectivity index (χ4n) is 3.64. The molecule has 1 heterocycles. The molecule has 4 N–H and O–H groups in total. The first-order valence-electron chi connectivity index (χ1n) is 8.96. The van der Waals surface area contributed by atoms with Crippen LogP contribution in [0.15, 0.2) is 48.7 Å². The molecule has 1 aliphatic heterocycles. The molecular formula is C21H22N4O. The lowest BCUT2D eigenvalue weighted by Gasteiger charge is -2.17. The molecule has 3 aliphatic rings. The van der Waals surface area contributed by atoms with Crippen molar-refractivity contribution in [2.75, 3.05) is 6.54 Å². The van der Waals surface area contributed by atoms with E-state index in [-0.39, 0.29) is 11.9 Å². The van der Waals surface area contributed by atoms with Crippen molar-refractivity contribution in [1.29, 1.82) is 0 Å². The Morgan fingerprint density at radius 1 is 1.31 bits per heavy atom. The van der Waals surface area contributed by atoms with Gasteiger partial charge in [0.25, 0.3) is 5.91 Å². The number of aromatic amines is 1. The minimum atomic E-state index is -0.0943. The molecule has 1 aromatic carbocycles. The van der Waals surface area contributed by atoms with Crippen molar-refractivity contribution >= 4 is 12.0 Å². The zero-order chi connectivity index (χ0) is 17.9. The van der Waals surface area contributed by atoms with E-state index in [4.69, 9.17) is 5.73 Å². The molecule has 0 aromatic heterocycles. The van der Waals surface area contributed by atoms with Crippen LogP contribution < -0.4 is 11.1 Å². The molecule has 1 atom stereocenters. The van der Waals surface area contributed by atoms with Gasteiger partial charge in [-0.3, -0.25) is 9.89 Å². The highest BCUT2D eigenvalue weighted by molar-refractivity contribution is 6.01. The van der Waals surface area contributed by atoms with Crippen LogP contribution in [-0.2, 0) is 12.8 Å². The summed E-state index contributed by atoms with van der Waals surface area (Å²) in [6, 6.07) is 11.9. The number of carbonyl (C=O) groups is 1. The number of H-pyrrole nitrogens is 1. The molecule has 1 amide bonds. The normalized spacial score (nSPS) is 14.2. The van der Waals surface area contributed by atoms with Crippen LogP contribution in [-0.4, -0.2) is 28.7 Å². The SMILES string of the molecule is NC[C@H](Cc1ccccc1)NC(=O)c1cc2cn[nH]c3c-2c1CCC=C3. The summed E-state index contributed by atoms with van der Waals surface area (Å²) in [5.41, 5.74) is 12.0. The Hall–Kier alpha value is -2.92. The molecule has 5 nitrogen and oxygen atoms in total. The molecule has 132 valence electrons. The zero-order valence-corrected chi connectivity index (χ0v) is 14.5. The molecule has 0 radical (unpaired) electrons. The summed E-state index contributed by atoms with van der Waals surface area (Å²) in [6.45, 7) is 0.401. The fraction of sp³-hybridized carbons (Fsp3) is 0.238. The number of carbonyl (C=O) groups excluding carboxylic acids is 1. The lowest BCUT2D eigenvalue weighted by atomic mass is 10.0. The predicted molar refractivity (Wildman–Crippen MR) is 103 cm³/mol. The number of rotatable bonds is 5. The van der Waals surface area contributed by atoms with Gasteiger partial charge in [0.05, 0.1) is 11.9 Å². The van der Waals surface area contributed by atoms with Crippen LogP contribution in [0.2, 0.25) is 0 Å². The third-order valence-electron chi connectivity index (χ3n) is 4.91. The van der Waals surface area contributed by atoms with Crippen molar-refractivity contribution in [2.45, 2.75) is 25.3 Å². The van der Waals surface area contributed by atoms with Crippen molar-refractivity contribution in [2.24, 2.45) is 5.73 Å². The second-order valence-corrected chi connectivity index (χ2v) is 6.69. The highest BCUT2D eigenvalue weighted by Crippen LogP contribution is 2.36. The zero-order valence-electron chi connectivity index (χ0n) is 14.5. The van der Waals surface area contributed by atoms with Gasteiger partial charge < -0.3 is 11.1 Å². The quantitative estimate of drug-likeness (QED) is 0.664. The van der Waals surface area contributed by atoms with E-state index in [2.05, 4.69) is 33.7 Å². The van der Waals surface area contributed by atoms with Crippen LogP contribution in [0, 0.1) is 0 Å². The van der Waals surface area contributed by atoms with Gasteiger partial charge >= 0.3 is 0 Å². The van der Waals surface area contributed by atoms with Crippen molar-refractivity contribution in [3.8, 4) is 11.1 Å². The van der Waals surface area contributed by atoms with Crippen LogP contribution >= 0.6 is 0 Å². The summed E-state index contributed by atoms with van der Waals surface area (Å²) in [7, 11) is 0. The van der Waals surface area contributed by atoms with Gasteiger partial charge in [-0.2, -0.15) is 5.10 Å². The van der Waals surface area contributed by atoms with Crippen LogP contribution in [0.5, 0.6) is 0 Å². The number of hydrogen-bond donors (Lipinski definition) is 3. The second kappa shape index (κ2) is 7.14. The maximum atomic E-state index is 13.0. The van der Waals surface area contributed by atoms with Gasteiger partial charge in [-0.05, 0) is 42.5 Å². The largest absolute Gasteiger partial charge is 0.348 e. The first-order chi connectivity index (χ1) is 12.8. The molecule has 2 aliphatic carbocycles. The maximum Gasteiger partial charge on any atom is 0.251 e. The summed E-state index contributed by atoms with van der Waals surface area (Å²) in [6.07, 6.45) is 8.42. The fourth-order valence-corrected chi connectivity index (χ4v) is 3.64. The topological polar surface area (TPSA) is 83.8 Å². The smallest absolute Gasteiger partial charge is 0.251 e. The van der Waals surface area contributed by atoms with E-state index < -0.39 is 0 Å². The Kier molecular flexibility index (Phi) is 4.54. The number of benzene rings is 1. The number of nitrogens with one attached hydrogen (secondary N) is 2. The number of hydrogen-bond acceptors (Lipinski definition) is 3. The molecule has 0 saturated heterocycles. The Morgan fingerprint density at radius 3 is 2.96 bits per heavy atom. The number of allylic oxidation sites excluding steroid dienone is 1. The van der Waals surface area contributed by atoms with Crippen LogP contribution in [0.1, 0.15) is 33.6 Å². The van der Waals surface area contributed by atoms with Gasteiger partial charge in [0, 0.05) is 29.3 Å². The average molecular weight is 346 g/mol. The number of amides is 1. The second-order valence-electron chi connectivity index (χ2n) is 6.69. The van der Waals surface area contributed by atoms with Gasteiger partial charge in [0.1, 0.15) is 0 Å². The third kappa shape index (κ3) is 3.13. The number of aromatic nitrogens is 2. The van der Waals surface area contributed by atoms with E-state index in [1.807, 2.05) is 30.3 Å². The van der Waals surface area contributed by atoms with Crippen molar-refractivity contribution in [3.05, 3.63) is 71.1 Å². The summed E-state index contributed by atoms with van der Waals surface area (Å²) in [5, 5.41) is 10.3. The molecule has 0 unspecified atom stereocenters.